The molecule has 3 heterocycles. The lowest BCUT2D eigenvalue weighted by molar-refractivity contribution is 0.0617. The molecule has 0 N–H and O–H groups in total. The van der Waals surface area contributed by atoms with Crippen molar-refractivity contribution in [1.29, 1.82) is 0 Å². The molecule has 1 aliphatic rings. The summed E-state index contributed by atoms with van der Waals surface area (Å²) in [5, 5.41) is 4.98. The molecule has 0 bridgehead atoms. The second kappa shape index (κ2) is 8.21. The summed E-state index contributed by atoms with van der Waals surface area (Å²) in [6, 6.07) is 11.4. The molecule has 0 atom stereocenters. The molecule has 0 spiro atoms. The molecule has 1 aliphatic heterocycles. The predicted octanol–water partition coefficient (Wildman–Crippen LogP) is 3.90. The molecule has 0 unspecified atom stereocenters. The van der Waals surface area contributed by atoms with Gasteiger partial charge in [-0.05, 0) is 31.2 Å². The summed E-state index contributed by atoms with van der Waals surface area (Å²) in [5.74, 6) is 0.688. The van der Waals surface area contributed by atoms with E-state index < -0.39 is 0 Å². The zero-order chi connectivity index (χ0) is 19.7. The van der Waals surface area contributed by atoms with Gasteiger partial charge in [-0.25, -0.2) is 9.67 Å². The van der Waals surface area contributed by atoms with Gasteiger partial charge in [0.05, 0.1) is 15.0 Å². The monoisotopic (exact) mass is 435 g/mol. The van der Waals surface area contributed by atoms with E-state index in [9.17, 15) is 4.79 Å². The van der Waals surface area contributed by atoms with Crippen molar-refractivity contribution in [2.45, 2.75) is 13.5 Å². The number of amides is 1. The Labute approximate surface area is 177 Å². The maximum absolute atomic E-state index is 12.9. The van der Waals surface area contributed by atoms with Gasteiger partial charge in [0.15, 0.2) is 0 Å². The van der Waals surface area contributed by atoms with Gasteiger partial charge in [0.2, 0.25) is 5.82 Å². The highest BCUT2D eigenvalue weighted by atomic mass is 35.5. The van der Waals surface area contributed by atoms with Crippen LogP contribution < -0.4 is 0 Å². The van der Waals surface area contributed by atoms with E-state index in [-0.39, 0.29) is 11.7 Å². The Balaban J connectivity index is 1.42. The zero-order valence-corrected chi connectivity index (χ0v) is 17.6. The molecule has 3 aromatic rings. The number of aryl methyl sites for hydroxylation is 1. The number of rotatable bonds is 4. The minimum Gasteiger partial charge on any atom is -0.333 e. The molecule has 1 fully saturated rings. The van der Waals surface area contributed by atoms with Crippen LogP contribution in [-0.2, 0) is 6.54 Å². The van der Waals surface area contributed by atoms with Crippen LogP contribution in [0.3, 0.4) is 0 Å². The third kappa shape index (κ3) is 4.07. The second-order valence-electron chi connectivity index (χ2n) is 6.62. The van der Waals surface area contributed by atoms with E-state index >= 15 is 0 Å². The number of benzene rings is 1. The van der Waals surface area contributed by atoms with Crippen LogP contribution in [0.4, 0.5) is 0 Å². The second-order valence-corrected chi connectivity index (χ2v) is 8.83. The van der Waals surface area contributed by atoms with E-state index in [1.807, 2.05) is 36.1 Å². The van der Waals surface area contributed by atoms with Crippen molar-refractivity contribution in [2.75, 3.05) is 26.2 Å². The quantitative estimate of drug-likeness (QED) is 0.623. The first kappa shape index (κ1) is 19.4. The number of thiophene rings is 1. The molecular weight excluding hydrogens is 417 g/mol. The number of carbonyl (C=O) groups excluding carboxylic acids is 1. The molecule has 0 saturated carbocycles. The van der Waals surface area contributed by atoms with Gasteiger partial charge in [-0.3, -0.25) is 9.69 Å². The maximum atomic E-state index is 12.9. The summed E-state index contributed by atoms with van der Waals surface area (Å²) < 4.78 is 2.42. The van der Waals surface area contributed by atoms with E-state index in [4.69, 9.17) is 23.2 Å². The molecule has 1 amide bonds. The lowest BCUT2D eigenvalue weighted by Gasteiger charge is -2.33. The molecule has 6 nitrogen and oxygen atoms in total. The summed E-state index contributed by atoms with van der Waals surface area (Å²) in [6.45, 7) is 5.60. The largest absolute Gasteiger partial charge is 0.333 e. The fraction of sp³-hybridized carbons (Fsp3) is 0.316. The summed E-state index contributed by atoms with van der Waals surface area (Å²) in [6.07, 6.45) is 0. The highest BCUT2D eigenvalue weighted by Gasteiger charge is 2.26. The minimum atomic E-state index is -0.146. The van der Waals surface area contributed by atoms with Gasteiger partial charge in [0, 0.05) is 37.6 Å². The highest BCUT2D eigenvalue weighted by Crippen LogP contribution is 2.23. The third-order valence-corrected chi connectivity index (χ3v) is 6.24. The smallest absolute Gasteiger partial charge is 0.293 e. The summed E-state index contributed by atoms with van der Waals surface area (Å²) in [4.78, 5) is 22.6. The maximum Gasteiger partial charge on any atom is 0.293 e. The van der Waals surface area contributed by atoms with Crippen molar-refractivity contribution in [1.82, 2.24) is 24.6 Å². The number of carbonyl (C=O) groups is 1. The van der Waals surface area contributed by atoms with E-state index in [0.717, 1.165) is 24.0 Å². The SMILES string of the molecule is Cc1nc(C(=O)N2CCN(Cc3ccc(Cl)s3)CC2)nn1-c1ccccc1Cl. The molecule has 4 rings (SSSR count). The van der Waals surface area contributed by atoms with Crippen LogP contribution in [0.15, 0.2) is 36.4 Å². The van der Waals surface area contributed by atoms with Crippen LogP contribution in [0.25, 0.3) is 5.69 Å². The van der Waals surface area contributed by atoms with Crippen molar-refractivity contribution in [3.05, 3.63) is 62.3 Å². The van der Waals surface area contributed by atoms with Crippen molar-refractivity contribution < 1.29 is 4.79 Å². The number of halogens is 2. The average Bonchev–Trinajstić information content (AvgIpc) is 3.28. The molecule has 0 radical (unpaired) electrons. The van der Waals surface area contributed by atoms with Crippen LogP contribution in [-0.4, -0.2) is 56.7 Å². The number of para-hydroxylation sites is 1. The Morgan fingerprint density at radius 2 is 1.86 bits per heavy atom. The lowest BCUT2D eigenvalue weighted by atomic mass is 10.3. The molecule has 146 valence electrons. The summed E-state index contributed by atoms with van der Waals surface area (Å²) in [7, 11) is 0. The van der Waals surface area contributed by atoms with Crippen molar-refractivity contribution >= 4 is 40.4 Å². The molecule has 1 aromatic carbocycles. The minimum absolute atomic E-state index is 0.146. The van der Waals surface area contributed by atoms with E-state index in [0.29, 0.717) is 29.6 Å². The average molecular weight is 436 g/mol. The first-order valence-electron chi connectivity index (χ1n) is 8.95. The van der Waals surface area contributed by atoms with E-state index in [1.165, 1.54) is 4.88 Å². The van der Waals surface area contributed by atoms with E-state index in [2.05, 4.69) is 21.0 Å². The Morgan fingerprint density at radius 3 is 2.54 bits per heavy atom. The zero-order valence-electron chi connectivity index (χ0n) is 15.3. The van der Waals surface area contributed by atoms with Gasteiger partial charge in [-0.15, -0.1) is 16.4 Å². The van der Waals surface area contributed by atoms with Crippen LogP contribution in [0.2, 0.25) is 9.36 Å². The van der Waals surface area contributed by atoms with Gasteiger partial charge < -0.3 is 4.90 Å². The van der Waals surface area contributed by atoms with Crippen LogP contribution in [0.1, 0.15) is 21.3 Å². The number of nitrogens with zero attached hydrogens (tertiary/aromatic N) is 5. The molecule has 1 saturated heterocycles. The highest BCUT2D eigenvalue weighted by molar-refractivity contribution is 7.16. The number of hydrogen-bond donors (Lipinski definition) is 0. The van der Waals surface area contributed by atoms with E-state index in [1.54, 1.807) is 22.1 Å². The van der Waals surface area contributed by atoms with Crippen molar-refractivity contribution in [3.8, 4) is 5.69 Å². The summed E-state index contributed by atoms with van der Waals surface area (Å²) >= 11 is 13.9. The fourth-order valence-electron chi connectivity index (χ4n) is 3.24. The lowest BCUT2D eigenvalue weighted by Crippen LogP contribution is -2.48. The Hall–Kier alpha value is -1.93. The van der Waals surface area contributed by atoms with Gasteiger partial charge in [0.1, 0.15) is 5.82 Å². The van der Waals surface area contributed by atoms with Crippen LogP contribution in [0.5, 0.6) is 0 Å². The molecule has 2 aromatic heterocycles. The molecule has 28 heavy (non-hydrogen) atoms. The van der Waals surface area contributed by atoms with Gasteiger partial charge in [-0.2, -0.15) is 0 Å². The topological polar surface area (TPSA) is 54.3 Å². The van der Waals surface area contributed by atoms with Crippen LogP contribution >= 0.6 is 34.5 Å². The van der Waals surface area contributed by atoms with Gasteiger partial charge in [-0.1, -0.05) is 35.3 Å². The van der Waals surface area contributed by atoms with Crippen LogP contribution in [0, 0.1) is 6.92 Å². The Kier molecular flexibility index (Phi) is 5.68. The van der Waals surface area contributed by atoms with Crippen molar-refractivity contribution in [2.24, 2.45) is 0 Å². The summed E-state index contributed by atoms with van der Waals surface area (Å²) in [5.41, 5.74) is 0.715. The first-order valence-corrected chi connectivity index (χ1v) is 10.5. The normalized spacial score (nSPS) is 15.2. The predicted molar refractivity (Wildman–Crippen MR) is 112 cm³/mol. The van der Waals surface area contributed by atoms with Crippen molar-refractivity contribution in [3.63, 3.8) is 0 Å². The number of aromatic nitrogens is 3. The molecule has 9 heteroatoms. The first-order chi connectivity index (χ1) is 13.5. The van der Waals surface area contributed by atoms with Gasteiger partial charge >= 0.3 is 0 Å². The third-order valence-electron chi connectivity index (χ3n) is 4.71. The number of hydrogen-bond acceptors (Lipinski definition) is 5. The number of piperazine rings is 1. The molecular formula is C19H19Cl2N5OS. The standard InChI is InChI=1S/C19H19Cl2N5OS/c1-13-22-18(23-26(13)16-5-3-2-4-15(16)20)19(27)25-10-8-24(9-11-25)12-14-6-7-17(21)28-14/h2-7H,8-12H2,1H3. The fourth-order valence-corrected chi connectivity index (χ4v) is 4.59. The Morgan fingerprint density at radius 1 is 1.11 bits per heavy atom. The molecule has 0 aliphatic carbocycles. The Bertz CT molecular complexity index is 994. The van der Waals surface area contributed by atoms with Gasteiger partial charge in [0.25, 0.3) is 5.91 Å².